The van der Waals surface area contributed by atoms with Gasteiger partial charge in [-0.1, -0.05) is 23.9 Å². The van der Waals surface area contributed by atoms with Gasteiger partial charge in [0.1, 0.15) is 0 Å². The van der Waals surface area contributed by atoms with Gasteiger partial charge in [0.15, 0.2) is 0 Å². The molecule has 1 fully saturated rings. The van der Waals surface area contributed by atoms with E-state index in [9.17, 15) is 8.78 Å². The number of thioether (sulfide) groups is 1. The molecule has 0 aliphatic heterocycles. The summed E-state index contributed by atoms with van der Waals surface area (Å²) in [7, 11) is 0. The molecular formula is C11H9F2NS. The van der Waals surface area contributed by atoms with Gasteiger partial charge >= 0.3 is 0 Å². The van der Waals surface area contributed by atoms with Crippen LogP contribution in [0.5, 0.6) is 0 Å². The van der Waals surface area contributed by atoms with Crippen molar-refractivity contribution in [2.45, 2.75) is 28.9 Å². The Morgan fingerprint density at radius 2 is 1.87 bits per heavy atom. The van der Waals surface area contributed by atoms with E-state index in [2.05, 4.69) is 6.07 Å². The van der Waals surface area contributed by atoms with Crippen LogP contribution >= 0.6 is 11.8 Å². The van der Waals surface area contributed by atoms with E-state index in [0.717, 1.165) is 18.4 Å². The lowest BCUT2D eigenvalue weighted by Gasteiger charge is -2.06. The molecule has 0 unspecified atom stereocenters. The molecule has 1 aliphatic rings. The highest BCUT2D eigenvalue weighted by Gasteiger charge is 2.44. The zero-order chi connectivity index (χ0) is 10.9. The highest BCUT2D eigenvalue weighted by atomic mass is 32.2. The number of halogens is 2. The van der Waals surface area contributed by atoms with Crippen LogP contribution in [0.15, 0.2) is 29.2 Å². The van der Waals surface area contributed by atoms with Gasteiger partial charge in [-0.05, 0) is 30.5 Å². The third-order valence-electron chi connectivity index (χ3n) is 2.60. The van der Waals surface area contributed by atoms with Gasteiger partial charge in [-0.15, -0.1) is 0 Å². The van der Waals surface area contributed by atoms with Gasteiger partial charge in [-0.2, -0.15) is 14.0 Å². The third-order valence-corrected chi connectivity index (χ3v) is 3.32. The number of hydrogen-bond donors (Lipinski definition) is 0. The van der Waals surface area contributed by atoms with Crippen LogP contribution in [0.1, 0.15) is 18.4 Å². The first-order chi connectivity index (χ1) is 7.16. The second kappa shape index (κ2) is 3.82. The molecule has 1 nitrogen and oxygen atoms in total. The van der Waals surface area contributed by atoms with Crippen LogP contribution < -0.4 is 0 Å². The molecule has 0 atom stereocenters. The highest BCUT2D eigenvalue weighted by Crippen LogP contribution is 2.47. The fourth-order valence-corrected chi connectivity index (χ4v) is 2.04. The molecule has 1 aromatic rings. The first-order valence-electron chi connectivity index (χ1n) is 4.63. The summed E-state index contributed by atoms with van der Waals surface area (Å²) in [5.41, 5.74) is 0.622. The SMILES string of the molecule is N#CC1(c2ccc(SC(F)F)cc2)CC1. The Labute approximate surface area is 91.1 Å². The summed E-state index contributed by atoms with van der Waals surface area (Å²) in [4.78, 5) is 0.544. The van der Waals surface area contributed by atoms with Crippen molar-refractivity contribution in [3.63, 3.8) is 0 Å². The Hall–Kier alpha value is -1.08. The lowest BCUT2D eigenvalue weighted by atomic mass is 9.98. The number of alkyl halides is 2. The van der Waals surface area contributed by atoms with Crippen molar-refractivity contribution in [2.75, 3.05) is 0 Å². The van der Waals surface area contributed by atoms with Crippen molar-refractivity contribution in [1.29, 1.82) is 5.26 Å². The highest BCUT2D eigenvalue weighted by molar-refractivity contribution is 7.99. The standard InChI is InChI=1S/C11H9F2NS/c12-10(13)15-9-3-1-8(2-4-9)11(7-14)5-6-11/h1-4,10H,5-6H2. The number of nitriles is 1. The van der Waals surface area contributed by atoms with Crippen LogP contribution in [0.2, 0.25) is 0 Å². The predicted molar refractivity (Wildman–Crippen MR) is 54.8 cm³/mol. The van der Waals surface area contributed by atoms with Gasteiger partial charge in [0.2, 0.25) is 0 Å². The molecule has 2 rings (SSSR count). The van der Waals surface area contributed by atoms with Crippen LogP contribution in [-0.2, 0) is 5.41 Å². The van der Waals surface area contributed by atoms with Crippen molar-refractivity contribution in [2.24, 2.45) is 0 Å². The molecule has 0 heterocycles. The molecule has 1 aliphatic carbocycles. The maximum atomic E-state index is 12.0. The van der Waals surface area contributed by atoms with Crippen LogP contribution in [0.4, 0.5) is 8.78 Å². The predicted octanol–water partition coefficient (Wildman–Crippen LogP) is 3.56. The number of nitrogens with zero attached hydrogens (tertiary/aromatic N) is 1. The molecule has 0 bridgehead atoms. The second-order valence-corrected chi connectivity index (χ2v) is 4.66. The molecule has 0 aromatic heterocycles. The largest absolute Gasteiger partial charge is 0.288 e. The zero-order valence-electron chi connectivity index (χ0n) is 7.91. The summed E-state index contributed by atoms with van der Waals surface area (Å²) < 4.78 is 24.1. The lowest BCUT2D eigenvalue weighted by Crippen LogP contribution is -2.01. The molecular weight excluding hydrogens is 216 g/mol. The van der Waals surface area contributed by atoms with E-state index in [1.54, 1.807) is 24.3 Å². The Morgan fingerprint density at radius 1 is 1.27 bits per heavy atom. The quantitative estimate of drug-likeness (QED) is 0.734. The minimum absolute atomic E-state index is 0.325. The molecule has 0 spiro atoms. The Bertz CT molecular complexity index is 390. The van der Waals surface area contributed by atoms with Crippen molar-refractivity contribution in [3.05, 3.63) is 29.8 Å². The molecule has 15 heavy (non-hydrogen) atoms. The van der Waals surface area contributed by atoms with E-state index in [1.807, 2.05) is 0 Å². The topological polar surface area (TPSA) is 23.8 Å². The molecule has 4 heteroatoms. The van der Waals surface area contributed by atoms with Crippen molar-refractivity contribution in [1.82, 2.24) is 0 Å². The summed E-state index contributed by atoms with van der Waals surface area (Å²) >= 11 is 0.530. The van der Waals surface area contributed by atoms with Crippen LogP contribution in [0, 0.1) is 11.3 Å². The van der Waals surface area contributed by atoms with Crippen LogP contribution in [-0.4, -0.2) is 5.76 Å². The van der Waals surface area contributed by atoms with E-state index in [0.29, 0.717) is 16.7 Å². The van der Waals surface area contributed by atoms with Crippen molar-refractivity contribution >= 4 is 11.8 Å². The van der Waals surface area contributed by atoms with Crippen LogP contribution in [0.3, 0.4) is 0 Å². The van der Waals surface area contributed by atoms with Gasteiger partial charge in [-0.25, -0.2) is 0 Å². The van der Waals surface area contributed by atoms with Gasteiger partial charge in [0.05, 0.1) is 11.5 Å². The molecule has 0 N–H and O–H groups in total. The summed E-state index contributed by atoms with van der Waals surface area (Å²) in [5, 5.41) is 8.95. The minimum Gasteiger partial charge on any atom is -0.198 e. The van der Waals surface area contributed by atoms with E-state index in [4.69, 9.17) is 5.26 Å². The van der Waals surface area contributed by atoms with Gasteiger partial charge < -0.3 is 0 Å². The Morgan fingerprint density at radius 3 is 2.27 bits per heavy atom. The fraction of sp³-hybridized carbons (Fsp3) is 0.364. The molecule has 1 aromatic carbocycles. The number of rotatable bonds is 3. The Kier molecular flexibility index (Phi) is 2.66. The molecule has 78 valence electrons. The molecule has 0 radical (unpaired) electrons. The third kappa shape index (κ3) is 2.13. The molecule has 0 amide bonds. The molecule has 1 saturated carbocycles. The van der Waals surface area contributed by atoms with Crippen molar-refractivity contribution < 1.29 is 8.78 Å². The summed E-state index contributed by atoms with van der Waals surface area (Å²) in [6, 6.07) is 9.14. The van der Waals surface area contributed by atoms with Gasteiger partial charge in [0, 0.05) is 4.90 Å². The van der Waals surface area contributed by atoms with Crippen molar-refractivity contribution in [3.8, 4) is 6.07 Å². The second-order valence-electron chi connectivity index (χ2n) is 3.60. The van der Waals surface area contributed by atoms with Gasteiger partial charge in [0.25, 0.3) is 5.76 Å². The summed E-state index contributed by atoms with van der Waals surface area (Å²) in [6.45, 7) is 0. The monoisotopic (exact) mass is 225 g/mol. The zero-order valence-corrected chi connectivity index (χ0v) is 8.73. The fourth-order valence-electron chi connectivity index (χ4n) is 1.55. The summed E-state index contributed by atoms with van der Waals surface area (Å²) in [5.74, 6) is -2.39. The molecule has 0 saturated heterocycles. The summed E-state index contributed by atoms with van der Waals surface area (Å²) in [6.07, 6.45) is 1.76. The van der Waals surface area contributed by atoms with E-state index in [-0.39, 0.29) is 5.41 Å². The average Bonchev–Trinajstić information content (AvgIpc) is 2.99. The maximum absolute atomic E-state index is 12.0. The Balaban J connectivity index is 2.15. The lowest BCUT2D eigenvalue weighted by molar-refractivity contribution is 0.252. The van der Waals surface area contributed by atoms with Crippen LogP contribution in [0.25, 0.3) is 0 Å². The first-order valence-corrected chi connectivity index (χ1v) is 5.51. The van der Waals surface area contributed by atoms with E-state index in [1.165, 1.54) is 0 Å². The first kappa shape index (κ1) is 10.4. The smallest absolute Gasteiger partial charge is 0.198 e. The maximum Gasteiger partial charge on any atom is 0.288 e. The number of hydrogen-bond acceptors (Lipinski definition) is 2. The van der Waals surface area contributed by atoms with E-state index < -0.39 is 5.76 Å². The average molecular weight is 225 g/mol. The number of benzene rings is 1. The van der Waals surface area contributed by atoms with E-state index >= 15 is 0 Å². The minimum atomic E-state index is -2.39. The van der Waals surface area contributed by atoms with Gasteiger partial charge in [-0.3, -0.25) is 0 Å². The normalized spacial score (nSPS) is 17.5.